The fraction of sp³-hybridized carbons (Fsp3) is 0.235. The van der Waals surface area contributed by atoms with Crippen molar-refractivity contribution in [1.82, 2.24) is 4.98 Å². The van der Waals surface area contributed by atoms with Crippen LogP contribution in [0.1, 0.15) is 33.6 Å². The number of benzene rings is 1. The van der Waals surface area contributed by atoms with Crippen LogP contribution in [0.2, 0.25) is 15.2 Å². The average Bonchev–Trinajstić information content (AvgIpc) is 3.01. The molecule has 1 unspecified atom stereocenters. The SMILES string of the molecule is Cc1cc(C(=O)O)c(Cl)nc1C1=NOC(c2cc(Cl)cc(Cl)c2)(C(F)(F)F)C1. The summed E-state index contributed by atoms with van der Waals surface area (Å²) in [4.78, 5) is 19.9. The summed E-state index contributed by atoms with van der Waals surface area (Å²) in [7, 11) is 0. The minimum atomic E-state index is -4.86. The second-order valence-electron chi connectivity index (χ2n) is 6.09. The van der Waals surface area contributed by atoms with Gasteiger partial charge in [0.15, 0.2) is 0 Å². The third-order valence-electron chi connectivity index (χ3n) is 4.19. The van der Waals surface area contributed by atoms with Gasteiger partial charge in [0.25, 0.3) is 5.60 Å². The predicted molar refractivity (Wildman–Crippen MR) is 97.4 cm³/mol. The maximum atomic E-state index is 14.0. The molecule has 5 nitrogen and oxygen atoms in total. The number of carboxylic acids is 1. The van der Waals surface area contributed by atoms with Crippen LogP contribution in [0.5, 0.6) is 0 Å². The Hall–Kier alpha value is -2.03. The smallest absolute Gasteiger partial charge is 0.435 e. The maximum Gasteiger partial charge on any atom is 0.435 e. The van der Waals surface area contributed by atoms with Crippen LogP contribution in [0, 0.1) is 6.92 Å². The van der Waals surface area contributed by atoms with Gasteiger partial charge in [-0.25, -0.2) is 9.78 Å². The minimum Gasteiger partial charge on any atom is -0.478 e. The third kappa shape index (κ3) is 3.52. The molecule has 28 heavy (non-hydrogen) atoms. The summed E-state index contributed by atoms with van der Waals surface area (Å²) in [6.07, 6.45) is -5.57. The molecule has 148 valence electrons. The van der Waals surface area contributed by atoms with Gasteiger partial charge in [0, 0.05) is 15.6 Å². The third-order valence-corrected chi connectivity index (χ3v) is 4.91. The van der Waals surface area contributed by atoms with E-state index in [0.29, 0.717) is 0 Å². The number of nitrogens with zero attached hydrogens (tertiary/aromatic N) is 2. The number of rotatable bonds is 3. The topological polar surface area (TPSA) is 71.8 Å². The van der Waals surface area contributed by atoms with Crippen molar-refractivity contribution >= 4 is 46.5 Å². The first-order chi connectivity index (χ1) is 12.9. The highest BCUT2D eigenvalue weighted by molar-refractivity contribution is 6.34. The Labute approximate surface area is 171 Å². The molecule has 3 rings (SSSR count). The van der Waals surface area contributed by atoms with Crippen LogP contribution in [0.3, 0.4) is 0 Å². The number of halogens is 6. The van der Waals surface area contributed by atoms with E-state index < -0.39 is 24.2 Å². The molecule has 0 saturated heterocycles. The van der Waals surface area contributed by atoms with Crippen LogP contribution in [0.4, 0.5) is 13.2 Å². The zero-order valence-corrected chi connectivity index (χ0v) is 16.2. The van der Waals surface area contributed by atoms with Gasteiger partial charge in [-0.3, -0.25) is 0 Å². The van der Waals surface area contributed by atoms with Crippen molar-refractivity contribution in [2.45, 2.75) is 25.1 Å². The molecule has 0 radical (unpaired) electrons. The molecule has 1 atom stereocenters. The minimum absolute atomic E-state index is 0.00587. The number of aromatic nitrogens is 1. The molecule has 1 aromatic heterocycles. The van der Waals surface area contributed by atoms with Crippen LogP contribution in [-0.2, 0) is 10.4 Å². The van der Waals surface area contributed by atoms with E-state index in [0.717, 1.165) is 12.1 Å². The predicted octanol–water partition coefficient (Wildman–Crippen LogP) is 5.63. The van der Waals surface area contributed by atoms with Crippen LogP contribution >= 0.6 is 34.8 Å². The monoisotopic (exact) mass is 452 g/mol. The van der Waals surface area contributed by atoms with Gasteiger partial charge in [0.1, 0.15) is 10.9 Å². The molecule has 0 spiro atoms. The molecule has 1 aromatic carbocycles. The lowest BCUT2D eigenvalue weighted by molar-refractivity contribution is -0.275. The molecule has 0 amide bonds. The lowest BCUT2D eigenvalue weighted by Crippen LogP contribution is -2.42. The molecule has 11 heteroatoms. The molecule has 1 aliphatic heterocycles. The standard InChI is InChI=1S/C17H10Cl3F3N2O3/c1-7-2-11(15(26)27)14(20)24-13(7)12-6-16(28-25-12,17(21,22)23)8-3-9(18)5-10(19)4-8/h2-5H,6H2,1H3,(H,26,27). The Kier molecular flexibility index (Phi) is 5.24. The fourth-order valence-corrected chi connectivity index (χ4v) is 3.60. The van der Waals surface area contributed by atoms with Crippen LogP contribution in [-0.4, -0.2) is 27.9 Å². The van der Waals surface area contributed by atoms with Gasteiger partial charge in [0.05, 0.1) is 17.7 Å². The number of aryl methyl sites for hydroxylation is 1. The quantitative estimate of drug-likeness (QED) is 0.611. The van der Waals surface area contributed by atoms with E-state index >= 15 is 0 Å². The number of carboxylic acid groups (broad SMARTS) is 1. The van der Waals surface area contributed by atoms with Gasteiger partial charge in [-0.05, 0) is 36.8 Å². The van der Waals surface area contributed by atoms with Crippen molar-refractivity contribution in [1.29, 1.82) is 0 Å². The van der Waals surface area contributed by atoms with Gasteiger partial charge in [-0.2, -0.15) is 13.2 Å². The number of alkyl halides is 3. The summed E-state index contributed by atoms with van der Waals surface area (Å²) in [5, 5.41) is 12.3. The van der Waals surface area contributed by atoms with Gasteiger partial charge in [0.2, 0.25) is 0 Å². The van der Waals surface area contributed by atoms with Crippen LogP contribution < -0.4 is 0 Å². The maximum absolute atomic E-state index is 14.0. The lowest BCUT2D eigenvalue weighted by atomic mass is 9.87. The summed E-state index contributed by atoms with van der Waals surface area (Å²) in [5.41, 5.74) is -3.25. The van der Waals surface area contributed by atoms with E-state index in [4.69, 9.17) is 44.7 Å². The summed E-state index contributed by atoms with van der Waals surface area (Å²) in [6, 6.07) is 4.70. The molecular weight excluding hydrogens is 444 g/mol. The number of pyridine rings is 1. The van der Waals surface area contributed by atoms with E-state index in [1.165, 1.54) is 19.1 Å². The van der Waals surface area contributed by atoms with Gasteiger partial charge < -0.3 is 9.94 Å². The summed E-state index contributed by atoms with van der Waals surface area (Å²) in [6.45, 7) is 1.48. The van der Waals surface area contributed by atoms with Gasteiger partial charge >= 0.3 is 12.1 Å². The molecule has 0 aliphatic carbocycles. The first-order valence-corrected chi connectivity index (χ1v) is 8.77. The average molecular weight is 454 g/mol. The number of aromatic carboxylic acids is 1. The highest BCUT2D eigenvalue weighted by Crippen LogP contribution is 2.49. The highest BCUT2D eigenvalue weighted by atomic mass is 35.5. The summed E-state index contributed by atoms with van der Waals surface area (Å²) < 4.78 is 42.0. The Balaban J connectivity index is 2.07. The molecule has 1 aliphatic rings. The van der Waals surface area contributed by atoms with Crippen molar-refractivity contribution in [3.63, 3.8) is 0 Å². The zero-order valence-electron chi connectivity index (χ0n) is 13.9. The van der Waals surface area contributed by atoms with Crippen LogP contribution in [0.25, 0.3) is 0 Å². The first-order valence-electron chi connectivity index (χ1n) is 7.64. The van der Waals surface area contributed by atoms with Gasteiger partial charge in [-0.15, -0.1) is 0 Å². The van der Waals surface area contributed by atoms with Crippen molar-refractivity contribution in [2.24, 2.45) is 5.16 Å². The van der Waals surface area contributed by atoms with Crippen molar-refractivity contribution in [3.05, 3.63) is 61.8 Å². The van der Waals surface area contributed by atoms with Crippen molar-refractivity contribution < 1.29 is 27.9 Å². The molecule has 0 fully saturated rings. The van der Waals surface area contributed by atoms with E-state index in [9.17, 15) is 18.0 Å². The second-order valence-corrected chi connectivity index (χ2v) is 7.32. The largest absolute Gasteiger partial charge is 0.478 e. The molecular formula is C17H10Cl3F3N2O3. The number of carbonyl (C=O) groups is 1. The van der Waals surface area contributed by atoms with Crippen molar-refractivity contribution in [2.75, 3.05) is 0 Å². The van der Waals surface area contributed by atoms with Crippen LogP contribution in [0.15, 0.2) is 29.4 Å². The van der Waals surface area contributed by atoms with E-state index in [-0.39, 0.29) is 43.3 Å². The van der Waals surface area contributed by atoms with E-state index in [1.54, 1.807) is 0 Å². The Morgan fingerprint density at radius 1 is 1.18 bits per heavy atom. The fourth-order valence-electron chi connectivity index (χ4n) is 2.85. The number of oxime groups is 1. The molecule has 1 N–H and O–H groups in total. The van der Waals surface area contributed by atoms with E-state index in [2.05, 4.69) is 10.1 Å². The van der Waals surface area contributed by atoms with Gasteiger partial charge in [-0.1, -0.05) is 40.0 Å². The van der Waals surface area contributed by atoms with Crippen molar-refractivity contribution in [3.8, 4) is 0 Å². The Bertz CT molecular complexity index is 991. The molecule has 0 saturated carbocycles. The number of hydrogen-bond donors (Lipinski definition) is 1. The Morgan fingerprint density at radius 3 is 2.32 bits per heavy atom. The zero-order chi connectivity index (χ0) is 20.9. The number of hydrogen-bond acceptors (Lipinski definition) is 4. The lowest BCUT2D eigenvalue weighted by Gasteiger charge is -2.29. The molecule has 2 heterocycles. The summed E-state index contributed by atoms with van der Waals surface area (Å²) in [5.74, 6) is -1.31. The second kappa shape index (κ2) is 7.09. The normalized spacial score (nSPS) is 19.3. The molecule has 0 bridgehead atoms. The Morgan fingerprint density at radius 2 is 1.79 bits per heavy atom. The molecule has 2 aromatic rings. The highest BCUT2D eigenvalue weighted by Gasteiger charge is 2.62. The first kappa shape index (κ1) is 20.7. The summed E-state index contributed by atoms with van der Waals surface area (Å²) >= 11 is 17.6. The van der Waals surface area contributed by atoms with E-state index in [1.807, 2.05) is 0 Å².